The van der Waals surface area contributed by atoms with Crippen LogP contribution in [0.5, 0.6) is 0 Å². The predicted octanol–water partition coefficient (Wildman–Crippen LogP) is 0.0185. The Labute approximate surface area is 68.1 Å². The van der Waals surface area contributed by atoms with Gasteiger partial charge < -0.3 is 5.11 Å². The number of alkyl halides is 1. The lowest BCUT2D eigenvalue weighted by Gasteiger charge is -2.12. The second-order valence-corrected chi connectivity index (χ2v) is 4.36. The largest absolute Gasteiger partial charge is 0.391 e. The maximum atomic E-state index is 10.3. The summed E-state index contributed by atoms with van der Waals surface area (Å²) in [5, 5.41) is 7.88. The molecule has 10 heavy (non-hydrogen) atoms. The van der Waals surface area contributed by atoms with Gasteiger partial charge >= 0.3 is 0 Å². The molecule has 0 saturated heterocycles. The van der Waals surface area contributed by atoms with E-state index in [9.17, 15) is 8.42 Å². The van der Waals surface area contributed by atoms with Crippen molar-refractivity contribution < 1.29 is 18.1 Å². The van der Waals surface area contributed by atoms with Crippen LogP contribution in [0.3, 0.4) is 0 Å². The molecule has 0 aliphatic rings. The molecule has 0 fully saturated rings. The highest BCUT2D eigenvalue weighted by Gasteiger charge is 2.24. The maximum absolute atomic E-state index is 10.3. The number of hydrogen-bond donors (Lipinski definition) is 2. The molecule has 0 aromatic heterocycles. The van der Waals surface area contributed by atoms with Gasteiger partial charge in [-0.2, -0.15) is 8.42 Å². The first-order valence-electron chi connectivity index (χ1n) is 2.60. The molecule has 2 atom stereocenters. The summed E-state index contributed by atoms with van der Waals surface area (Å²) >= 11 is 2.88. The quantitative estimate of drug-likeness (QED) is 0.532. The standard InChI is InChI=1S/C4H9BrO4S/c1-3(4(6)2-5)10(7,8)9/h3-4,6H,2H2,1H3,(H,7,8,9). The molecule has 0 aromatic carbocycles. The van der Waals surface area contributed by atoms with Gasteiger partial charge in [0.25, 0.3) is 10.1 Å². The van der Waals surface area contributed by atoms with Crippen molar-refractivity contribution in [3.8, 4) is 0 Å². The second kappa shape index (κ2) is 3.66. The molecule has 0 aromatic rings. The molecule has 62 valence electrons. The minimum absolute atomic E-state index is 0.133. The molecular formula is C4H9BrO4S. The molecule has 2 N–H and O–H groups in total. The molecule has 0 amide bonds. The van der Waals surface area contributed by atoms with Gasteiger partial charge in [-0.25, -0.2) is 0 Å². The summed E-state index contributed by atoms with van der Waals surface area (Å²) in [6.07, 6.45) is -1.06. The molecule has 2 unspecified atom stereocenters. The minimum atomic E-state index is -4.09. The Bertz CT molecular complexity index is 187. The first-order chi connectivity index (χ1) is 4.39. The van der Waals surface area contributed by atoms with E-state index in [-0.39, 0.29) is 5.33 Å². The lowest BCUT2D eigenvalue weighted by atomic mass is 10.3. The van der Waals surface area contributed by atoms with E-state index in [1.165, 1.54) is 6.92 Å². The Kier molecular flexibility index (Phi) is 3.79. The topological polar surface area (TPSA) is 74.6 Å². The van der Waals surface area contributed by atoms with Crippen LogP contribution in [0, 0.1) is 0 Å². The fraction of sp³-hybridized carbons (Fsp3) is 1.00. The fourth-order valence-electron chi connectivity index (χ4n) is 0.324. The highest BCUT2D eigenvalue weighted by Crippen LogP contribution is 2.05. The zero-order chi connectivity index (χ0) is 8.36. The van der Waals surface area contributed by atoms with Crippen molar-refractivity contribution in [2.24, 2.45) is 0 Å². The summed E-state index contributed by atoms with van der Waals surface area (Å²) < 4.78 is 29.0. The van der Waals surface area contributed by atoms with E-state index >= 15 is 0 Å². The number of hydrogen-bond acceptors (Lipinski definition) is 3. The number of halogens is 1. The third-order valence-corrected chi connectivity index (χ3v) is 3.09. The Hall–Kier alpha value is 0.350. The molecule has 6 heteroatoms. The third-order valence-electron chi connectivity index (χ3n) is 1.17. The van der Waals surface area contributed by atoms with Crippen molar-refractivity contribution in [2.75, 3.05) is 5.33 Å². The molecule has 0 aliphatic heterocycles. The number of aliphatic hydroxyl groups is 1. The third kappa shape index (κ3) is 2.96. The van der Waals surface area contributed by atoms with Gasteiger partial charge in [0.2, 0.25) is 0 Å². The molecule has 0 bridgehead atoms. The van der Waals surface area contributed by atoms with Crippen LogP contribution in [0.1, 0.15) is 6.92 Å². The van der Waals surface area contributed by atoms with E-state index in [0.717, 1.165) is 0 Å². The van der Waals surface area contributed by atoms with Crippen LogP contribution in [0.4, 0.5) is 0 Å². The van der Waals surface area contributed by atoms with E-state index in [0.29, 0.717) is 0 Å². The van der Waals surface area contributed by atoms with Gasteiger partial charge in [0.1, 0.15) is 5.25 Å². The van der Waals surface area contributed by atoms with Crippen LogP contribution in [-0.2, 0) is 10.1 Å². The molecule has 0 rings (SSSR count). The normalized spacial score (nSPS) is 18.4. The Balaban J connectivity index is 4.23. The van der Waals surface area contributed by atoms with Crippen molar-refractivity contribution in [1.29, 1.82) is 0 Å². The highest BCUT2D eigenvalue weighted by atomic mass is 79.9. The van der Waals surface area contributed by atoms with Gasteiger partial charge in [-0.05, 0) is 6.92 Å². The summed E-state index contributed by atoms with van der Waals surface area (Å²) in [5.41, 5.74) is 0. The predicted molar refractivity (Wildman–Crippen MR) is 40.8 cm³/mol. The van der Waals surface area contributed by atoms with Crippen LogP contribution < -0.4 is 0 Å². The van der Waals surface area contributed by atoms with Gasteiger partial charge in [0, 0.05) is 5.33 Å². The Morgan fingerprint density at radius 3 is 2.10 bits per heavy atom. The zero-order valence-electron chi connectivity index (χ0n) is 5.36. The molecule has 4 nitrogen and oxygen atoms in total. The van der Waals surface area contributed by atoms with Crippen LogP contribution in [0.15, 0.2) is 0 Å². The molecule has 0 heterocycles. The SMILES string of the molecule is CC(C(O)CBr)S(=O)(=O)O. The van der Waals surface area contributed by atoms with Gasteiger partial charge in [0.15, 0.2) is 0 Å². The zero-order valence-corrected chi connectivity index (χ0v) is 7.76. The van der Waals surface area contributed by atoms with Crippen LogP contribution in [0.2, 0.25) is 0 Å². The molecule has 0 saturated carbocycles. The summed E-state index contributed by atoms with van der Waals surface area (Å²) in [7, 11) is -4.09. The smallest absolute Gasteiger partial charge is 0.270 e. The first-order valence-corrected chi connectivity index (χ1v) is 5.22. The van der Waals surface area contributed by atoms with Crippen molar-refractivity contribution in [2.45, 2.75) is 18.3 Å². The van der Waals surface area contributed by atoms with E-state index < -0.39 is 21.5 Å². The number of rotatable bonds is 3. The van der Waals surface area contributed by atoms with Gasteiger partial charge in [-0.1, -0.05) is 15.9 Å². The fourth-order valence-corrected chi connectivity index (χ4v) is 1.63. The molecule has 0 spiro atoms. The Morgan fingerprint density at radius 1 is 1.60 bits per heavy atom. The molecule has 0 radical (unpaired) electrons. The van der Waals surface area contributed by atoms with Crippen molar-refractivity contribution in [3.05, 3.63) is 0 Å². The van der Waals surface area contributed by atoms with Crippen molar-refractivity contribution >= 4 is 26.0 Å². The average molecular weight is 233 g/mol. The summed E-state index contributed by atoms with van der Waals surface area (Å²) in [6, 6.07) is 0. The van der Waals surface area contributed by atoms with Crippen LogP contribution in [-0.4, -0.2) is 34.8 Å². The lowest BCUT2D eigenvalue weighted by molar-refractivity contribution is 0.195. The van der Waals surface area contributed by atoms with Crippen molar-refractivity contribution in [3.63, 3.8) is 0 Å². The van der Waals surface area contributed by atoms with E-state index in [2.05, 4.69) is 15.9 Å². The lowest BCUT2D eigenvalue weighted by Crippen LogP contribution is -2.31. The van der Waals surface area contributed by atoms with E-state index in [1.54, 1.807) is 0 Å². The Morgan fingerprint density at radius 2 is 2.00 bits per heavy atom. The van der Waals surface area contributed by atoms with E-state index in [4.69, 9.17) is 9.66 Å². The van der Waals surface area contributed by atoms with E-state index in [1.807, 2.05) is 0 Å². The van der Waals surface area contributed by atoms with Crippen molar-refractivity contribution in [1.82, 2.24) is 0 Å². The number of aliphatic hydroxyl groups excluding tert-OH is 1. The summed E-state index contributed by atoms with van der Waals surface area (Å²) in [6.45, 7) is 1.24. The van der Waals surface area contributed by atoms with Crippen LogP contribution in [0.25, 0.3) is 0 Å². The maximum Gasteiger partial charge on any atom is 0.270 e. The molecular weight excluding hydrogens is 224 g/mol. The van der Waals surface area contributed by atoms with Gasteiger partial charge in [0.05, 0.1) is 6.10 Å². The molecule has 0 aliphatic carbocycles. The summed E-state index contributed by atoms with van der Waals surface area (Å²) in [4.78, 5) is 0. The first kappa shape index (κ1) is 10.3. The highest BCUT2D eigenvalue weighted by molar-refractivity contribution is 9.09. The average Bonchev–Trinajstić information content (AvgIpc) is 1.83. The minimum Gasteiger partial charge on any atom is -0.391 e. The monoisotopic (exact) mass is 232 g/mol. The van der Waals surface area contributed by atoms with Gasteiger partial charge in [-0.15, -0.1) is 0 Å². The van der Waals surface area contributed by atoms with Crippen LogP contribution >= 0.6 is 15.9 Å². The van der Waals surface area contributed by atoms with Gasteiger partial charge in [-0.3, -0.25) is 4.55 Å². The summed E-state index contributed by atoms with van der Waals surface area (Å²) in [5.74, 6) is 0. The second-order valence-electron chi connectivity index (χ2n) is 1.94.